The number of aryl methyl sites for hydroxylation is 1. The van der Waals surface area contributed by atoms with Crippen LogP contribution in [-0.2, 0) is 9.53 Å². The Morgan fingerprint density at radius 2 is 2.08 bits per heavy atom. The zero-order valence-electron chi connectivity index (χ0n) is 21.8. The van der Waals surface area contributed by atoms with Crippen LogP contribution in [0.5, 0.6) is 0 Å². The number of anilines is 1. The molecule has 40 heavy (non-hydrogen) atoms. The van der Waals surface area contributed by atoms with Gasteiger partial charge in [0.05, 0.1) is 12.2 Å². The summed E-state index contributed by atoms with van der Waals surface area (Å²) in [6.45, 7) is 4.73. The molecule has 2 aliphatic rings. The van der Waals surface area contributed by atoms with Crippen LogP contribution in [0, 0.1) is 18.7 Å². The maximum absolute atomic E-state index is 13.9. The third-order valence-corrected chi connectivity index (χ3v) is 8.00. The molecule has 1 atom stereocenters. The summed E-state index contributed by atoms with van der Waals surface area (Å²) >= 11 is 7.88. The Hall–Kier alpha value is -3.45. The molecule has 2 aromatic heterocycles. The Morgan fingerprint density at radius 3 is 2.73 bits per heavy atom. The van der Waals surface area contributed by atoms with E-state index in [1.54, 1.807) is 26.2 Å². The van der Waals surface area contributed by atoms with Crippen LogP contribution in [0.3, 0.4) is 0 Å². The van der Waals surface area contributed by atoms with E-state index >= 15 is 0 Å². The molecule has 0 saturated carbocycles. The van der Waals surface area contributed by atoms with Crippen molar-refractivity contribution in [3.8, 4) is 0 Å². The molecule has 0 spiro atoms. The molecule has 3 N–H and O–H groups in total. The summed E-state index contributed by atoms with van der Waals surface area (Å²) in [5.41, 5.74) is 2.23. The van der Waals surface area contributed by atoms with Crippen LogP contribution in [0.25, 0.3) is 0 Å². The number of piperidine rings is 1. The van der Waals surface area contributed by atoms with Crippen LogP contribution >= 0.6 is 22.9 Å². The molecule has 1 unspecified atom stereocenters. The fourth-order valence-electron chi connectivity index (χ4n) is 4.95. The van der Waals surface area contributed by atoms with E-state index < -0.39 is 24.1 Å². The number of aliphatic hydroxyl groups excluding tert-OH is 1. The van der Waals surface area contributed by atoms with Crippen molar-refractivity contribution in [2.45, 2.75) is 39.0 Å². The van der Waals surface area contributed by atoms with Gasteiger partial charge in [-0.2, -0.15) is 0 Å². The fraction of sp³-hybridized carbons (Fsp3) is 0.370. The zero-order chi connectivity index (χ0) is 28.4. The average Bonchev–Trinajstić information content (AvgIpc) is 3.48. The summed E-state index contributed by atoms with van der Waals surface area (Å²) < 4.78 is 19.4. The summed E-state index contributed by atoms with van der Waals surface area (Å²) in [5, 5.41) is 25.3. The SMILES string of the molecule is CCOC(=O)C1=C(C2CCN(c3ncc(C)c(C(O)O)n3)CC2)NC(c2nccs2)=NC1c1ccc(F)cc1Cl. The molecule has 3 aromatic rings. The minimum absolute atomic E-state index is 0.0869. The Labute approximate surface area is 239 Å². The summed E-state index contributed by atoms with van der Waals surface area (Å²) in [4.78, 5) is 33.4. The van der Waals surface area contributed by atoms with E-state index in [2.05, 4.69) is 20.3 Å². The summed E-state index contributed by atoms with van der Waals surface area (Å²) in [6.07, 6.45) is 2.82. The smallest absolute Gasteiger partial charge is 0.338 e. The molecular formula is C27H28ClFN6O4S. The molecule has 4 heterocycles. The number of carbonyl (C=O) groups is 1. The third kappa shape index (κ3) is 5.71. The van der Waals surface area contributed by atoms with Crippen molar-refractivity contribution in [1.29, 1.82) is 0 Å². The van der Waals surface area contributed by atoms with Gasteiger partial charge in [0, 0.05) is 53.1 Å². The number of benzene rings is 1. The number of hydrogen-bond acceptors (Lipinski definition) is 11. The molecule has 10 nitrogen and oxygen atoms in total. The van der Waals surface area contributed by atoms with Crippen LogP contribution in [0.2, 0.25) is 5.02 Å². The highest BCUT2D eigenvalue weighted by Gasteiger charge is 2.38. The Morgan fingerprint density at radius 1 is 1.30 bits per heavy atom. The van der Waals surface area contributed by atoms with Gasteiger partial charge in [-0.05, 0) is 44.4 Å². The molecule has 0 bridgehead atoms. The molecule has 1 aromatic carbocycles. The minimum atomic E-state index is -1.69. The van der Waals surface area contributed by atoms with Gasteiger partial charge < -0.3 is 25.2 Å². The van der Waals surface area contributed by atoms with Gasteiger partial charge in [-0.1, -0.05) is 17.7 Å². The van der Waals surface area contributed by atoms with Gasteiger partial charge in [0.15, 0.2) is 17.1 Å². The molecule has 1 fully saturated rings. The molecule has 5 rings (SSSR count). The van der Waals surface area contributed by atoms with Crippen molar-refractivity contribution >= 4 is 40.7 Å². The summed E-state index contributed by atoms with van der Waals surface area (Å²) in [5.74, 6) is -0.200. The molecule has 0 aliphatic carbocycles. The maximum Gasteiger partial charge on any atom is 0.338 e. The van der Waals surface area contributed by atoms with Crippen LogP contribution < -0.4 is 10.2 Å². The lowest BCUT2D eigenvalue weighted by molar-refractivity contribution is -0.139. The zero-order valence-corrected chi connectivity index (χ0v) is 23.4. The highest BCUT2D eigenvalue weighted by molar-refractivity contribution is 7.11. The highest BCUT2D eigenvalue weighted by Crippen LogP contribution is 2.40. The van der Waals surface area contributed by atoms with Crippen molar-refractivity contribution < 1.29 is 24.1 Å². The van der Waals surface area contributed by atoms with Crippen LogP contribution in [-0.4, -0.2) is 56.7 Å². The Balaban J connectivity index is 1.51. The first-order valence-electron chi connectivity index (χ1n) is 12.8. The lowest BCUT2D eigenvalue weighted by atomic mass is 9.85. The fourth-order valence-corrected chi connectivity index (χ4v) is 5.80. The van der Waals surface area contributed by atoms with Crippen LogP contribution in [0.15, 0.2) is 52.2 Å². The molecule has 13 heteroatoms. The molecule has 2 aliphatic heterocycles. The van der Waals surface area contributed by atoms with Gasteiger partial charge in [0.1, 0.15) is 17.6 Å². The first-order valence-corrected chi connectivity index (χ1v) is 14.1. The number of aliphatic imine (C=N–C) groups is 1. The van der Waals surface area contributed by atoms with E-state index in [9.17, 15) is 19.4 Å². The van der Waals surface area contributed by atoms with Crippen molar-refractivity contribution in [2.75, 3.05) is 24.6 Å². The number of halogens is 2. The number of thiazole rings is 1. The number of nitrogens with one attached hydrogen (secondary N) is 1. The van der Waals surface area contributed by atoms with E-state index in [1.165, 1.54) is 29.5 Å². The third-order valence-electron chi connectivity index (χ3n) is 6.89. The number of allylic oxidation sites excluding steroid dienone is 1. The normalized spacial score (nSPS) is 18.1. The number of carbonyl (C=O) groups excluding carboxylic acids is 1. The second-order valence-corrected chi connectivity index (χ2v) is 10.7. The molecule has 0 radical (unpaired) electrons. The standard InChI is InChI=1S/C27H28ClFN6O4S/c1-3-39-26(38)19-21(15-6-9-35(10-7-15)27-31-13-14(2)20(34-27)25(36)37)32-23(24-30-8-11-40-24)33-22(19)17-5-4-16(29)12-18(17)28/h4-5,8,11-13,15,22,25,36-37H,3,6-7,9-10H2,1-2H3,(H,32,33). The lowest BCUT2D eigenvalue weighted by Gasteiger charge is -2.36. The summed E-state index contributed by atoms with van der Waals surface area (Å²) in [6, 6.07) is 3.21. The first kappa shape index (κ1) is 28.1. The van der Waals surface area contributed by atoms with E-state index in [0.29, 0.717) is 65.1 Å². The predicted octanol–water partition coefficient (Wildman–Crippen LogP) is 3.84. The number of aliphatic hydroxyl groups is 2. The number of rotatable bonds is 7. The monoisotopic (exact) mass is 586 g/mol. The van der Waals surface area contributed by atoms with E-state index in [-0.39, 0.29) is 23.2 Å². The van der Waals surface area contributed by atoms with Crippen molar-refractivity contribution in [3.63, 3.8) is 0 Å². The first-order chi connectivity index (χ1) is 19.3. The number of amidine groups is 1. The van der Waals surface area contributed by atoms with Gasteiger partial charge in [-0.25, -0.2) is 24.1 Å². The second-order valence-electron chi connectivity index (χ2n) is 9.43. The molecule has 210 valence electrons. The van der Waals surface area contributed by atoms with E-state index in [1.807, 2.05) is 10.3 Å². The highest BCUT2D eigenvalue weighted by atomic mass is 35.5. The molecule has 0 amide bonds. The molecular weight excluding hydrogens is 559 g/mol. The van der Waals surface area contributed by atoms with Crippen molar-refractivity contribution in [3.05, 3.63) is 79.9 Å². The maximum atomic E-state index is 13.9. The van der Waals surface area contributed by atoms with Gasteiger partial charge in [-0.15, -0.1) is 11.3 Å². The number of nitrogens with zero attached hydrogens (tertiary/aromatic N) is 5. The number of aromatic nitrogens is 3. The summed E-state index contributed by atoms with van der Waals surface area (Å²) in [7, 11) is 0. The quantitative estimate of drug-likeness (QED) is 0.279. The number of esters is 1. The van der Waals surface area contributed by atoms with Gasteiger partial charge in [0.2, 0.25) is 5.95 Å². The largest absolute Gasteiger partial charge is 0.463 e. The predicted molar refractivity (Wildman–Crippen MR) is 148 cm³/mol. The van der Waals surface area contributed by atoms with Crippen LogP contribution in [0.4, 0.5) is 10.3 Å². The van der Waals surface area contributed by atoms with E-state index in [4.69, 9.17) is 21.3 Å². The van der Waals surface area contributed by atoms with Gasteiger partial charge in [0.25, 0.3) is 0 Å². The molecule has 1 saturated heterocycles. The number of ether oxygens (including phenoxy) is 1. The Kier molecular flexibility index (Phi) is 8.40. The van der Waals surface area contributed by atoms with Crippen molar-refractivity contribution in [1.82, 2.24) is 20.3 Å². The van der Waals surface area contributed by atoms with Gasteiger partial charge in [-0.3, -0.25) is 4.99 Å². The van der Waals surface area contributed by atoms with E-state index in [0.717, 1.165) is 0 Å². The number of hydrogen-bond donors (Lipinski definition) is 3. The van der Waals surface area contributed by atoms with Crippen LogP contribution in [0.1, 0.15) is 53.9 Å². The lowest BCUT2D eigenvalue weighted by Crippen LogP contribution is -2.42. The Bertz CT molecular complexity index is 1460. The average molecular weight is 587 g/mol. The van der Waals surface area contributed by atoms with Crippen molar-refractivity contribution in [2.24, 2.45) is 10.9 Å². The topological polar surface area (TPSA) is 133 Å². The van der Waals surface area contributed by atoms with Gasteiger partial charge >= 0.3 is 5.97 Å². The second kappa shape index (κ2) is 12.0. The minimum Gasteiger partial charge on any atom is -0.463 e.